The second-order valence-corrected chi connectivity index (χ2v) is 7.90. The number of methoxy groups -OCH3 is 1. The van der Waals surface area contributed by atoms with Crippen molar-refractivity contribution < 1.29 is 13.2 Å². The Labute approximate surface area is 147 Å². The zero-order valence-corrected chi connectivity index (χ0v) is 15.9. The van der Waals surface area contributed by atoms with Crippen molar-refractivity contribution in [2.75, 3.05) is 26.7 Å². The highest BCUT2D eigenvalue weighted by Crippen LogP contribution is 2.28. The molecule has 0 amide bonds. The summed E-state index contributed by atoms with van der Waals surface area (Å²) in [6.07, 6.45) is 1.64. The lowest BCUT2D eigenvalue weighted by molar-refractivity contribution is 0.334. The van der Waals surface area contributed by atoms with Crippen molar-refractivity contribution >= 4 is 38.4 Å². The van der Waals surface area contributed by atoms with Crippen LogP contribution in [0.5, 0.6) is 5.75 Å². The van der Waals surface area contributed by atoms with Crippen molar-refractivity contribution in [3.05, 3.63) is 22.7 Å². The molecule has 0 aliphatic carbocycles. The van der Waals surface area contributed by atoms with Crippen molar-refractivity contribution in [3.63, 3.8) is 0 Å². The molecule has 0 spiro atoms. The molecule has 1 heterocycles. The average Bonchev–Trinajstić information content (AvgIpc) is 2.97. The van der Waals surface area contributed by atoms with Crippen LogP contribution in [0.2, 0.25) is 0 Å². The molecule has 1 N–H and O–H groups in total. The van der Waals surface area contributed by atoms with Gasteiger partial charge in [-0.3, -0.25) is 0 Å². The summed E-state index contributed by atoms with van der Waals surface area (Å²) in [4.78, 5) is 0.272. The van der Waals surface area contributed by atoms with Gasteiger partial charge in [0, 0.05) is 29.7 Å². The SMILES string of the molecule is CCCN(C1CCNC1)S(=O)(=O)c1cc(Br)cc(OC)c1.Cl. The number of hydrogen-bond donors (Lipinski definition) is 1. The summed E-state index contributed by atoms with van der Waals surface area (Å²) in [6, 6.07) is 4.98. The standard InChI is InChI=1S/C14H21BrN2O3S.ClH/c1-3-6-17(12-4-5-16-10-12)21(18,19)14-8-11(15)7-13(9-14)20-2;/h7-9,12,16H,3-6,10H2,1-2H3;1H. The molecule has 1 aliphatic heterocycles. The lowest BCUT2D eigenvalue weighted by Crippen LogP contribution is -2.42. The van der Waals surface area contributed by atoms with Crippen molar-refractivity contribution in [3.8, 4) is 5.75 Å². The van der Waals surface area contributed by atoms with Gasteiger partial charge in [0.15, 0.2) is 0 Å². The van der Waals surface area contributed by atoms with E-state index in [0.717, 1.165) is 19.4 Å². The van der Waals surface area contributed by atoms with Crippen LogP contribution in [-0.4, -0.2) is 45.5 Å². The highest BCUT2D eigenvalue weighted by Gasteiger charge is 2.32. The zero-order valence-electron chi connectivity index (χ0n) is 12.7. The van der Waals surface area contributed by atoms with E-state index in [2.05, 4.69) is 21.2 Å². The fourth-order valence-electron chi connectivity index (χ4n) is 2.54. The molecule has 1 fully saturated rings. The summed E-state index contributed by atoms with van der Waals surface area (Å²) in [5.41, 5.74) is 0. The molecule has 0 aromatic heterocycles. The van der Waals surface area contributed by atoms with E-state index in [4.69, 9.17) is 4.74 Å². The third-order valence-electron chi connectivity index (χ3n) is 3.57. The molecule has 0 bridgehead atoms. The van der Waals surface area contributed by atoms with Gasteiger partial charge in [-0.25, -0.2) is 8.42 Å². The molecule has 8 heteroatoms. The van der Waals surface area contributed by atoms with Gasteiger partial charge in [0.1, 0.15) is 5.75 Å². The van der Waals surface area contributed by atoms with Gasteiger partial charge in [0.05, 0.1) is 12.0 Å². The second kappa shape index (κ2) is 8.49. The third-order valence-corrected chi connectivity index (χ3v) is 5.96. The number of benzene rings is 1. The lowest BCUT2D eigenvalue weighted by atomic mass is 10.2. The Kier molecular flexibility index (Phi) is 7.61. The van der Waals surface area contributed by atoms with E-state index in [-0.39, 0.29) is 23.3 Å². The summed E-state index contributed by atoms with van der Waals surface area (Å²) in [7, 11) is -1.99. The number of nitrogens with one attached hydrogen (secondary N) is 1. The molecular formula is C14H22BrClN2O3S. The van der Waals surface area contributed by atoms with Crippen LogP contribution in [0.3, 0.4) is 0 Å². The smallest absolute Gasteiger partial charge is 0.243 e. The molecule has 1 aromatic rings. The van der Waals surface area contributed by atoms with Crippen LogP contribution in [-0.2, 0) is 10.0 Å². The Morgan fingerprint density at radius 2 is 2.14 bits per heavy atom. The molecule has 1 saturated heterocycles. The van der Waals surface area contributed by atoms with Gasteiger partial charge in [-0.05, 0) is 31.5 Å². The van der Waals surface area contributed by atoms with E-state index in [1.807, 2.05) is 6.92 Å². The Bertz CT molecular complexity index is 592. The Balaban J connectivity index is 0.00000242. The molecule has 1 atom stereocenters. The van der Waals surface area contributed by atoms with Crippen LogP contribution in [0.15, 0.2) is 27.6 Å². The number of sulfonamides is 1. The van der Waals surface area contributed by atoms with Crippen LogP contribution >= 0.6 is 28.3 Å². The van der Waals surface area contributed by atoms with Crippen LogP contribution in [0.1, 0.15) is 19.8 Å². The van der Waals surface area contributed by atoms with Crippen LogP contribution in [0.4, 0.5) is 0 Å². The third kappa shape index (κ3) is 4.35. The van der Waals surface area contributed by atoms with E-state index in [0.29, 0.717) is 23.3 Å². The van der Waals surface area contributed by atoms with Crippen molar-refractivity contribution in [1.82, 2.24) is 9.62 Å². The molecular weight excluding hydrogens is 392 g/mol. The summed E-state index contributed by atoms with van der Waals surface area (Å²) in [5, 5.41) is 3.23. The van der Waals surface area contributed by atoms with Crippen LogP contribution in [0.25, 0.3) is 0 Å². The van der Waals surface area contributed by atoms with Crippen molar-refractivity contribution in [2.45, 2.75) is 30.7 Å². The minimum absolute atomic E-state index is 0. The molecule has 0 radical (unpaired) electrons. The monoisotopic (exact) mass is 412 g/mol. The van der Waals surface area contributed by atoms with Gasteiger partial charge in [-0.1, -0.05) is 22.9 Å². The summed E-state index contributed by atoms with van der Waals surface area (Å²) in [5.74, 6) is 0.531. The van der Waals surface area contributed by atoms with Gasteiger partial charge in [-0.2, -0.15) is 4.31 Å². The molecule has 126 valence electrons. The molecule has 5 nitrogen and oxygen atoms in total. The summed E-state index contributed by atoms with van der Waals surface area (Å²) in [6.45, 7) is 4.10. The molecule has 0 saturated carbocycles. The molecule has 1 aliphatic rings. The number of rotatable bonds is 6. The van der Waals surface area contributed by atoms with Gasteiger partial charge >= 0.3 is 0 Å². The number of hydrogen-bond acceptors (Lipinski definition) is 4. The van der Waals surface area contributed by atoms with Crippen LogP contribution < -0.4 is 10.1 Å². The van der Waals surface area contributed by atoms with Crippen molar-refractivity contribution in [2.24, 2.45) is 0 Å². The molecule has 2 rings (SSSR count). The fourth-order valence-corrected chi connectivity index (χ4v) is 4.97. The Hall–Kier alpha value is -0.340. The van der Waals surface area contributed by atoms with E-state index in [9.17, 15) is 8.42 Å². The van der Waals surface area contributed by atoms with E-state index in [1.54, 1.807) is 22.5 Å². The summed E-state index contributed by atoms with van der Waals surface area (Å²) >= 11 is 3.34. The number of nitrogens with zero attached hydrogens (tertiary/aromatic N) is 1. The highest BCUT2D eigenvalue weighted by atomic mass is 79.9. The van der Waals surface area contributed by atoms with E-state index < -0.39 is 10.0 Å². The Morgan fingerprint density at radius 3 is 2.68 bits per heavy atom. The quantitative estimate of drug-likeness (QED) is 0.779. The van der Waals surface area contributed by atoms with Gasteiger partial charge < -0.3 is 10.1 Å². The van der Waals surface area contributed by atoms with Crippen LogP contribution in [0, 0.1) is 0 Å². The highest BCUT2D eigenvalue weighted by molar-refractivity contribution is 9.10. The first-order valence-corrected chi connectivity index (χ1v) is 9.29. The first-order valence-electron chi connectivity index (χ1n) is 7.06. The maximum absolute atomic E-state index is 13.0. The van der Waals surface area contributed by atoms with Crippen molar-refractivity contribution in [1.29, 1.82) is 0 Å². The van der Waals surface area contributed by atoms with E-state index >= 15 is 0 Å². The topological polar surface area (TPSA) is 58.6 Å². The number of halogens is 2. The average molecular weight is 414 g/mol. The Morgan fingerprint density at radius 1 is 1.41 bits per heavy atom. The lowest BCUT2D eigenvalue weighted by Gasteiger charge is -2.27. The largest absolute Gasteiger partial charge is 0.497 e. The van der Waals surface area contributed by atoms with Gasteiger partial charge in [0.25, 0.3) is 0 Å². The maximum atomic E-state index is 13.0. The van der Waals surface area contributed by atoms with Gasteiger partial charge in [0.2, 0.25) is 10.0 Å². The first kappa shape index (κ1) is 19.7. The fraction of sp³-hybridized carbons (Fsp3) is 0.571. The predicted molar refractivity (Wildman–Crippen MR) is 93.4 cm³/mol. The van der Waals surface area contributed by atoms with Gasteiger partial charge in [-0.15, -0.1) is 12.4 Å². The molecule has 1 unspecified atom stereocenters. The minimum atomic E-state index is -3.52. The summed E-state index contributed by atoms with van der Waals surface area (Å²) < 4.78 is 33.4. The predicted octanol–water partition coefficient (Wildman–Crippen LogP) is 2.64. The second-order valence-electron chi connectivity index (χ2n) is 5.09. The number of ether oxygens (including phenoxy) is 1. The zero-order chi connectivity index (χ0) is 15.5. The normalized spacial score (nSPS) is 18.3. The molecule has 1 aromatic carbocycles. The molecule has 22 heavy (non-hydrogen) atoms. The first-order chi connectivity index (χ1) is 9.98. The maximum Gasteiger partial charge on any atom is 0.243 e. The van der Waals surface area contributed by atoms with E-state index in [1.165, 1.54) is 7.11 Å². The minimum Gasteiger partial charge on any atom is -0.497 e.